The molecule has 5 nitrogen and oxygen atoms in total. The largest absolute Gasteiger partial charge is 0.351 e. The molecule has 0 radical (unpaired) electrons. The molecule has 1 aliphatic carbocycles. The zero-order valence-corrected chi connectivity index (χ0v) is 16.9. The molecule has 0 bridgehead atoms. The Labute approximate surface area is 175 Å². The van der Waals surface area contributed by atoms with E-state index in [1.807, 2.05) is 0 Å². The summed E-state index contributed by atoms with van der Waals surface area (Å²) in [5.74, 6) is -1.23. The number of nitrogens with one attached hydrogen (secondary N) is 1. The molecular weight excluding hydrogens is 393 g/mol. The van der Waals surface area contributed by atoms with E-state index in [4.69, 9.17) is 11.6 Å². The minimum atomic E-state index is -0.859. The molecule has 2 aromatic rings. The highest BCUT2D eigenvalue weighted by Gasteiger charge is 2.32. The molecular formula is C22H25ClFN3O2. The van der Waals surface area contributed by atoms with Crippen molar-refractivity contribution >= 4 is 23.4 Å². The molecule has 1 aromatic heterocycles. The summed E-state index contributed by atoms with van der Waals surface area (Å²) >= 11 is 5.87. The summed E-state index contributed by atoms with van der Waals surface area (Å²) in [6.45, 7) is 0.142. The molecule has 0 spiro atoms. The number of nitrogens with zero attached hydrogens (tertiary/aromatic N) is 2. The first-order valence-electron chi connectivity index (χ1n) is 9.88. The number of carbonyl (C=O) groups is 2. The highest BCUT2D eigenvalue weighted by molar-refractivity contribution is 6.27. The van der Waals surface area contributed by atoms with Gasteiger partial charge in [-0.05, 0) is 36.6 Å². The van der Waals surface area contributed by atoms with Gasteiger partial charge < -0.3 is 10.2 Å². The third kappa shape index (κ3) is 5.76. The molecule has 0 saturated heterocycles. The van der Waals surface area contributed by atoms with E-state index < -0.39 is 6.04 Å². The normalized spacial score (nSPS) is 15.5. The van der Waals surface area contributed by atoms with E-state index in [9.17, 15) is 14.0 Å². The summed E-state index contributed by atoms with van der Waals surface area (Å²) in [7, 11) is 0. The Hall–Kier alpha value is -2.47. The van der Waals surface area contributed by atoms with Crippen LogP contribution >= 0.6 is 11.6 Å². The lowest BCUT2D eigenvalue weighted by Gasteiger charge is -2.33. The predicted molar refractivity (Wildman–Crippen MR) is 110 cm³/mol. The third-order valence-corrected chi connectivity index (χ3v) is 5.44. The molecule has 1 aromatic carbocycles. The average molecular weight is 418 g/mol. The molecule has 1 aliphatic rings. The van der Waals surface area contributed by atoms with Gasteiger partial charge in [0.1, 0.15) is 17.7 Å². The van der Waals surface area contributed by atoms with Crippen LogP contribution in [-0.2, 0) is 16.1 Å². The van der Waals surface area contributed by atoms with Gasteiger partial charge in [0.05, 0.1) is 0 Å². The van der Waals surface area contributed by atoms with E-state index in [1.165, 1.54) is 23.5 Å². The first kappa shape index (κ1) is 21.2. The number of hydrogen-bond acceptors (Lipinski definition) is 3. The van der Waals surface area contributed by atoms with E-state index in [2.05, 4.69) is 10.3 Å². The second kappa shape index (κ2) is 10.3. The molecule has 29 heavy (non-hydrogen) atoms. The molecule has 3 rings (SSSR count). The van der Waals surface area contributed by atoms with Gasteiger partial charge in [0.2, 0.25) is 11.8 Å². The molecule has 1 N–H and O–H groups in total. The lowest BCUT2D eigenvalue weighted by atomic mass is 9.94. The number of rotatable bonds is 7. The lowest BCUT2D eigenvalue weighted by Crippen LogP contribution is -2.47. The Morgan fingerprint density at radius 1 is 1.17 bits per heavy atom. The maximum atomic E-state index is 13.3. The first-order valence-corrected chi connectivity index (χ1v) is 10.4. The molecule has 1 fully saturated rings. The van der Waals surface area contributed by atoms with Gasteiger partial charge >= 0.3 is 0 Å². The molecule has 1 saturated carbocycles. The van der Waals surface area contributed by atoms with Gasteiger partial charge in [-0.3, -0.25) is 14.6 Å². The number of hydrogen-bond donors (Lipinski definition) is 1. The number of halogens is 2. The molecule has 7 heteroatoms. The zero-order chi connectivity index (χ0) is 20.6. The fourth-order valence-electron chi connectivity index (χ4n) is 3.72. The summed E-state index contributed by atoms with van der Waals surface area (Å²) in [5.41, 5.74) is 1.32. The molecule has 0 aliphatic heterocycles. The number of amides is 2. The summed E-state index contributed by atoms with van der Waals surface area (Å²) in [5, 5.41) is 3.11. The van der Waals surface area contributed by atoms with E-state index in [1.54, 1.807) is 36.7 Å². The Balaban J connectivity index is 1.90. The van der Waals surface area contributed by atoms with Gasteiger partial charge in [0.25, 0.3) is 0 Å². The van der Waals surface area contributed by atoms with Crippen molar-refractivity contribution in [1.82, 2.24) is 15.2 Å². The highest BCUT2D eigenvalue weighted by Crippen LogP contribution is 2.25. The monoisotopic (exact) mass is 417 g/mol. The van der Waals surface area contributed by atoms with Crippen molar-refractivity contribution in [3.63, 3.8) is 0 Å². The van der Waals surface area contributed by atoms with Crippen LogP contribution in [0.1, 0.15) is 49.3 Å². The van der Waals surface area contributed by atoms with Gasteiger partial charge in [-0.15, -0.1) is 11.6 Å². The SMILES string of the molecule is O=C(NC1CCCCC1)[C@H](c1cccnc1)N(Cc1ccc(F)cc1)C(=O)CCl. The molecule has 154 valence electrons. The van der Waals surface area contributed by atoms with E-state index in [0.717, 1.165) is 25.7 Å². The minimum absolute atomic E-state index is 0.106. The fraction of sp³-hybridized carbons (Fsp3) is 0.409. The van der Waals surface area contributed by atoms with Crippen LogP contribution < -0.4 is 5.32 Å². The van der Waals surface area contributed by atoms with Gasteiger partial charge in [-0.2, -0.15) is 0 Å². The first-order chi connectivity index (χ1) is 14.1. The lowest BCUT2D eigenvalue weighted by molar-refractivity contribution is -0.140. The Kier molecular flexibility index (Phi) is 7.58. The molecule has 1 heterocycles. The van der Waals surface area contributed by atoms with Crippen molar-refractivity contribution in [2.75, 3.05) is 5.88 Å². The van der Waals surface area contributed by atoms with Crippen molar-refractivity contribution in [2.24, 2.45) is 0 Å². The van der Waals surface area contributed by atoms with Crippen LogP contribution in [0.3, 0.4) is 0 Å². The zero-order valence-electron chi connectivity index (χ0n) is 16.2. The quantitative estimate of drug-likeness (QED) is 0.693. The summed E-state index contributed by atoms with van der Waals surface area (Å²) in [6, 6.07) is 8.62. The molecule has 0 unspecified atom stereocenters. The van der Waals surface area contributed by atoms with Crippen LogP contribution in [0.15, 0.2) is 48.8 Å². The van der Waals surface area contributed by atoms with Gasteiger partial charge in [0, 0.05) is 30.5 Å². The van der Waals surface area contributed by atoms with Crippen molar-refractivity contribution < 1.29 is 14.0 Å². The maximum absolute atomic E-state index is 13.3. The standard InChI is InChI=1S/C22H25ClFN3O2/c23-13-20(28)27(15-16-8-10-18(24)11-9-16)21(17-5-4-12-25-14-17)22(29)26-19-6-2-1-3-7-19/h4-5,8-12,14,19,21H,1-3,6-7,13,15H2,(H,26,29)/t21-/m0/s1. The van der Waals surface area contributed by atoms with Crippen molar-refractivity contribution in [1.29, 1.82) is 0 Å². The highest BCUT2D eigenvalue weighted by atomic mass is 35.5. The van der Waals surface area contributed by atoms with Crippen LogP contribution in [0.2, 0.25) is 0 Å². The van der Waals surface area contributed by atoms with Gasteiger partial charge in [-0.1, -0.05) is 37.5 Å². The van der Waals surface area contributed by atoms with E-state index in [0.29, 0.717) is 11.1 Å². The third-order valence-electron chi connectivity index (χ3n) is 5.21. The number of alkyl halides is 1. The van der Waals surface area contributed by atoms with Crippen LogP contribution in [0, 0.1) is 5.82 Å². The smallest absolute Gasteiger partial charge is 0.247 e. The van der Waals surface area contributed by atoms with Gasteiger partial charge in [0.15, 0.2) is 0 Å². The second-order valence-corrected chi connectivity index (χ2v) is 7.58. The van der Waals surface area contributed by atoms with E-state index >= 15 is 0 Å². The number of pyridine rings is 1. The molecule has 1 atom stereocenters. The van der Waals surface area contributed by atoms with Crippen LogP contribution in [0.4, 0.5) is 4.39 Å². The van der Waals surface area contributed by atoms with Gasteiger partial charge in [-0.25, -0.2) is 4.39 Å². The Morgan fingerprint density at radius 3 is 2.52 bits per heavy atom. The van der Waals surface area contributed by atoms with Crippen LogP contribution in [-0.4, -0.2) is 33.6 Å². The fourth-order valence-corrected chi connectivity index (χ4v) is 3.88. The van der Waals surface area contributed by atoms with Crippen LogP contribution in [0.25, 0.3) is 0 Å². The minimum Gasteiger partial charge on any atom is -0.351 e. The average Bonchev–Trinajstić information content (AvgIpc) is 2.75. The Bertz CT molecular complexity index is 811. The van der Waals surface area contributed by atoms with Crippen LogP contribution in [0.5, 0.6) is 0 Å². The summed E-state index contributed by atoms with van der Waals surface area (Å²) in [6.07, 6.45) is 8.43. The number of carbonyl (C=O) groups excluding carboxylic acids is 2. The summed E-state index contributed by atoms with van der Waals surface area (Å²) < 4.78 is 13.3. The predicted octanol–water partition coefficient (Wildman–Crippen LogP) is 3.98. The second-order valence-electron chi connectivity index (χ2n) is 7.31. The molecule has 2 amide bonds. The summed E-state index contributed by atoms with van der Waals surface area (Å²) in [4.78, 5) is 31.6. The van der Waals surface area contributed by atoms with E-state index in [-0.39, 0.29) is 36.1 Å². The maximum Gasteiger partial charge on any atom is 0.247 e. The van der Waals surface area contributed by atoms with Crippen molar-refractivity contribution in [3.8, 4) is 0 Å². The Morgan fingerprint density at radius 2 is 1.90 bits per heavy atom. The van der Waals surface area contributed by atoms with Crippen molar-refractivity contribution in [2.45, 2.75) is 50.7 Å². The number of aromatic nitrogens is 1. The number of benzene rings is 1. The topological polar surface area (TPSA) is 62.3 Å². The van der Waals surface area contributed by atoms with Crippen molar-refractivity contribution in [3.05, 3.63) is 65.7 Å².